The molecule has 0 spiro atoms. The molecule has 4 nitrogen and oxygen atoms in total. The summed E-state index contributed by atoms with van der Waals surface area (Å²) in [6.07, 6.45) is 1.19. The van der Waals surface area contributed by atoms with Crippen molar-refractivity contribution in [1.29, 1.82) is 0 Å². The maximum absolute atomic E-state index is 6.09. The lowest BCUT2D eigenvalue weighted by Gasteiger charge is -2.32. The molecule has 3 atom stereocenters. The highest BCUT2D eigenvalue weighted by Crippen LogP contribution is 2.23. The summed E-state index contributed by atoms with van der Waals surface area (Å²) in [6, 6.07) is 2.01. The Balaban J connectivity index is 2.37. The topological polar surface area (TPSA) is 40.2 Å². The smallest absolute Gasteiger partial charge is 0.339 e. The van der Waals surface area contributed by atoms with Gasteiger partial charge in [0.25, 0.3) is 0 Å². The van der Waals surface area contributed by atoms with Crippen LogP contribution in [0.1, 0.15) is 34.1 Å². The lowest BCUT2D eigenvalue weighted by atomic mass is 10.5. The second-order valence-corrected chi connectivity index (χ2v) is 7.97. The van der Waals surface area contributed by atoms with Crippen LogP contribution in [0, 0.1) is 0 Å². The Morgan fingerprint density at radius 1 is 1.35 bits per heavy atom. The van der Waals surface area contributed by atoms with Crippen LogP contribution in [0.3, 0.4) is 0 Å². The van der Waals surface area contributed by atoms with Gasteiger partial charge in [-0.15, -0.1) is 0 Å². The number of hydrogen-bond acceptors (Lipinski definition) is 4. The molecule has 5 heteroatoms. The van der Waals surface area contributed by atoms with Crippen molar-refractivity contribution in [2.75, 3.05) is 19.8 Å². The number of rotatable bonds is 10. The van der Waals surface area contributed by atoms with Gasteiger partial charge in [-0.1, -0.05) is 20.3 Å². The molecule has 1 aliphatic heterocycles. The van der Waals surface area contributed by atoms with Gasteiger partial charge >= 0.3 is 8.56 Å². The fraction of sp³-hybridized carbons (Fsp3) is 1.00. The molecule has 1 heterocycles. The normalized spacial score (nSPS) is 24.4. The first-order chi connectivity index (χ1) is 8.15. The summed E-state index contributed by atoms with van der Waals surface area (Å²) in [6.45, 7) is 10.5. The molecule has 17 heavy (non-hydrogen) atoms. The van der Waals surface area contributed by atoms with Gasteiger partial charge in [-0.3, -0.25) is 0 Å². The second-order valence-electron chi connectivity index (χ2n) is 4.42. The number of ether oxygens (including phenoxy) is 2. The standard InChI is InChI=1S/C12H26O4Si/c1-5-8-17(7-3,15-6-2)16-11(4)13-9-12-10-14-12/h11-12H,5-10H2,1-4H3. The zero-order valence-electron chi connectivity index (χ0n) is 11.5. The summed E-state index contributed by atoms with van der Waals surface area (Å²) in [4.78, 5) is 0. The SMILES string of the molecule is CCC[Si](CC)(OCC)OC(C)OCC1CO1. The van der Waals surface area contributed by atoms with Crippen LogP contribution in [0.5, 0.6) is 0 Å². The van der Waals surface area contributed by atoms with Gasteiger partial charge in [0.2, 0.25) is 0 Å². The van der Waals surface area contributed by atoms with E-state index in [9.17, 15) is 0 Å². The zero-order chi connectivity index (χ0) is 12.7. The quantitative estimate of drug-likeness (QED) is 0.345. The summed E-state index contributed by atoms with van der Waals surface area (Å²) in [5, 5.41) is 0. The molecule has 3 unspecified atom stereocenters. The van der Waals surface area contributed by atoms with E-state index in [-0.39, 0.29) is 12.4 Å². The Kier molecular flexibility index (Phi) is 6.65. The number of epoxide rings is 1. The number of hydrogen-bond donors (Lipinski definition) is 0. The van der Waals surface area contributed by atoms with Gasteiger partial charge < -0.3 is 18.3 Å². The Bertz CT molecular complexity index is 203. The molecule has 0 bridgehead atoms. The van der Waals surface area contributed by atoms with Gasteiger partial charge in [0.15, 0.2) is 0 Å². The molecule has 0 saturated carbocycles. The summed E-state index contributed by atoms with van der Waals surface area (Å²) in [5.74, 6) is 0. The zero-order valence-corrected chi connectivity index (χ0v) is 12.5. The van der Waals surface area contributed by atoms with Crippen molar-refractivity contribution in [3.05, 3.63) is 0 Å². The molecule has 0 aromatic rings. The molecule has 102 valence electrons. The van der Waals surface area contributed by atoms with Crippen molar-refractivity contribution in [3.8, 4) is 0 Å². The molecular formula is C12H26O4Si. The van der Waals surface area contributed by atoms with Crippen molar-refractivity contribution in [2.24, 2.45) is 0 Å². The predicted octanol–water partition coefficient (Wildman–Crippen LogP) is 2.67. The molecule has 0 aromatic heterocycles. The van der Waals surface area contributed by atoms with Gasteiger partial charge in [0.1, 0.15) is 12.4 Å². The van der Waals surface area contributed by atoms with Crippen LogP contribution in [0.25, 0.3) is 0 Å². The van der Waals surface area contributed by atoms with E-state index in [2.05, 4.69) is 13.8 Å². The Morgan fingerprint density at radius 2 is 2.06 bits per heavy atom. The summed E-state index contributed by atoms with van der Waals surface area (Å²) in [7, 11) is -2.05. The van der Waals surface area contributed by atoms with Crippen LogP contribution in [0.4, 0.5) is 0 Å². The molecule has 1 fully saturated rings. The van der Waals surface area contributed by atoms with E-state index >= 15 is 0 Å². The van der Waals surface area contributed by atoms with E-state index in [4.69, 9.17) is 18.3 Å². The third-order valence-electron chi connectivity index (χ3n) is 2.88. The van der Waals surface area contributed by atoms with Crippen LogP contribution >= 0.6 is 0 Å². The van der Waals surface area contributed by atoms with Gasteiger partial charge in [0, 0.05) is 6.61 Å². The van der Waals surface area contributed by atoms with Gasteiger partial charge in [-0.25, -0.2) is 0 Å². The molecule has 0 aliphatic carbocycles. The largest absolute Gasteiger partial charge is 0.394 e. The van der Waals surface area contributed by atoms with Crippen LogP contribution in [0.2, 0.25) is 12.1 Å². The Morgan fingerprint density at radius 3 is 2.53 bits per heavy atom. The van der Waals surface area contributed by atoms with Crippen molar-refractivity contribution >= 4 is 8.56 Å². The van der Waals surface area contributed by atoms with Crippen molar-refractivity contribution in [3.63, 3.8) is 0 Å². The van der Waals surface area contributed by atoms with E-state index in [1.54, 1.807) is 0 Å². The molecule has 1 rings (SSSR count). The first-order valence-electron chi connectivity index (χ1n) is 6.70. The van der Waals surface area contributed by atoms with Crippen LogP contribution in [-0.2, 0) is 18.3 Å². The lowest BCUT2D eigenvalue weighted by molar-refractivity contribution is -0.0909. The minimum absolute atomic E-state index is 0.191. The van der Waals surface area contributed by atoms with Gasteiger partial charge in [-0.05, 0) is 25.9 Å². The third-order valence-corrected chi connectivity index (χ3v) is 6.79. The fourth-order valence-corrected chi connectivity index (χ4v) is 4.93. The summed E-state index contributed by atoms with van der Waals surface area (Å²) < 4.78 is 22.7. The summed E-state index contributed by atoms with van der Waals surface area (Å²) >= 11 is 0. The molecule has 0 N–H and O–H groups in total. The van der Waals surface area contributed by atoms with E-state index < -0.39 is 8.56 Å². The average Bonchev–Trinajstić information content (AvgIpc) is 3.11. The second kappa shape index (κ2) is 7.48. The molecule has 0 amide bonds. The van der Waals surface area contributed by atoms with Crippen molar-refractivity contribution in [1.82, 2.24) is 0 Å². The highest BCUT2D eigenvalue weighted by molar-refractivity contribution is 6.67. The maximum Gasteiger partial charge on any atom is 0.339 e. The maximum atomic E-state index is 6.09. The van der Waals surface area contributed by atoms with Crippen molar-refractivity contribution < 1.29 is 18.3 Å². The Labute approximate surface area is 106 Å². The minimum atomic E-state index is -2.05. The van der Waals surface area contributed by atoms with E-state index in [0.717, 1.165) is 31.7 Å². The predicted molar refractivity (Wildman–Crippen MR) is 69.2 cm³/mol. The molecule has 0 radical (unpaired) electrons. The average molecular weight is 262 g/mol. The van der Waals surface area contributed by atoms with E-state index in [1.165, 1.54) is 0 Å². The van der Waals surface area contributed by atoms with Crippen LogP contribution < -0.4 is 0 Å². The van der Waals surface area contributed by atoms with E-state index in [1.807, 2.05) is 13.8 Å². The van der Waals surface area contributed by atoms with Crippen LogP contribution in [-0.4, -0.2) is 40.8 Å². The monoisotopic (exact) mass is 262 g/mol. The first-order valence-corrected chi connectivity index (χ1v) is 8.93. The molecule has 1 saturated heterocycles. The minimum Gasteiger partial charge on any atom is -0.394 e. The highest BCUT2D eigenvalue weighted by Gasteiger charge is 2.36. The molecule has 1 aliphatic rings. The Hall–Kier alpha value is 0.0569. The summed E-state index contributed by atoms with van der Waals surface area (Å²) in [5.41, 5.74) is 0. The van der Waals surface area contributed by atoms with Crippen LogP contribution in [0.15, 0.2) is 0 Å². The third kappa shape index (κ3) is 5.48. The molecule has 0 aromatic carbocycles. The van der Waals surface area contributed by atoms with E-state index in [0.29, 0.717) is 6.61 Å². The molecular weight excluding hydrogens is 236 g/mol. The lowest BCUT2D eigenvalue weighted by Crippen LogP contribution is -2.44. The van der Waals surface area contributed by atoms with Gasteiger partial charge in [0.05, 0.1) is 13.2 Å². The highest BCUT2D eigenvalue weighted by atomic mass is 28.4. The van der Waals surface area contributed by atoms with Crippen molar-refractivity contribution in [2.45, 2.75) is 58.6 Å². The fourth-order valence-electron chi connectivity index (χ4n) is 1.91. The van der Waals surface area contributed by atoms with Gasteiger partial charge in [-0.2, -0.15) is 0 Å². The first kappa shape index (κ1) is 15.1.